The van der Waals surface area contributed by atoms with E-state index in [0.29, 0.717) is 19.7 Å². The molecule has 2 atom stereocenters. The van der Waals surface area contributed by atoms with Crippen molar-refractivity contribution in [2.24, 2.45) is 0 Å². The maximum absolute atomic E-state index is 10.3. The van der Waals surface area contributed by atoms with Crippen molar-refractivity contribution >= 4 is 24.8 Å². The number of nitrogens with zero attached hydrogens (tertiary/aromatic N) is 1. The van der Waals surface area contributed by atoms with Crippen LogP contribution in [0.2, 0.25) is 0 Å². The molecule has 0 spiro atoms. The van der Waals surface area contributed by atoms with Crippen LogP contribution in [0.1, 0.15) is 22.8 Å². The van der Waals surface area contributed by atoms with Crippen molar-refractivity contribution in [3.05, 3.63) is 71.3 Å². The predicted molar refractivity (Wildman–Crippen MR) is 91.7 cm³/mol. The van der Waals surface area contributed by atoms with Gasteiger partial charge in [-0.05, 0) is 11.1 Å². The number of halogens is 2. The minimum atomic E-state index is -0.0484. The first-order valence-corrected chi connectivity index (χ1v) is 6.97. The van der Waals surface area contributed by atoms with Gasteiger partial charge in [-0.25, -0.2) is 5.21 Å². The molecule has 0 bridgehead atoms. The average molecular weight is 343 g/mol. The number of hydrogen-bond donors (Lipinski definition) is 1. The SMILES string of the molecule is C[N+]1(O)CCOC(c2ccccc2)c2ccccc2C1.Cl.Cl. The van der Waals surface area contributed by atoms with Crippen molar-refractivity contribution in [1.82, 2.24) is 0 Å². The molecule has 2 aromatic carbocycles. The minimum absolute atomic E-state index is 0. The molecule has 2 aromatic rings. The molecule has 0 saturated carbocycles. The molecule has 5 heteroatoms. The van der Waals surface area contributed by atoms with Crippen LogP contribution in [0, 0.1) is 0 Å². The van der Waals surface area contributed by atoms with E-state index in [4.69, 9.17) is 4.74 Å². The van der Waals surface area contributed by atoms with Crippen molar-refractivity contribution in [3.8, 4) is 0 Å². The molecule has 1 aliphatic rings. The molecule has 0 fully saturated rings. The third kappa shape index (κ3) is 4.22. The topological polar surface area (TPSA) is 29.5 Å². The van der Waals surface area contributed by atoms with Gasteiger partial charge in [-0.15, -0.1) is 24.8 Å². The molecule has 1 N–H and O–H groups in total. The second-order valence-electron chi connectivity index (χ2n) is 5.58. The molecule has 0 aliphatic carbocycles. The van der Waals surface area contributed by atoms with Gasteiger partial charge in [-0.3, -0.25) is 0 Å². The van der Waals surface area contributed by atoms with Crippen molar-refractivity contribution in [3.63, 3.8) is 0 Å². The molecule has 0 aromatic heterocycles. The lowest BCUT2D eigenvalue weighted by Crippen LogP contribution is -2.44. The van der Waals surface area contributed by atoms with Crippen LogP contribution in [-0.4, -0.2) is 30.1 Å². The van der Waals surface area contributed by atoms with Crippen LogP contribution in [0.5, 0.6) is 0 Å². The highest BCUT2D eigenvalue weighted by Crippen LogP contribution is 2.31. The molecule has 0 saturated heterocycles. The Kier molecular flexibility index (Phi) is 6.85. The Balaban J connectivity index is 0.00000121. The van der Waals surface area contributed by atoms with Crippen molar-refractivity contribution < 1.29 is 14.6 Å². The van der Waals surface area contributed by atoms with Crippen LogP contribution in [0.15, 0.2) is 54.6 Å². The number of quaternary nitrogens is 1. The van der Waals surface area contributed by atoms with Gasteiger partial charge in [0.05, 0.1) is 13.7 Å². The summed E-state index contributed by atoms with van der Waals surface area (Å²) in [5.74, 6) is 0. The third-order valence-corrected chi connectivity index (χ3v) is 3.81. The summed E-state index contributed by atoms with van der Waals surface area (Å²) in [7, 11) is 1.82. The molecule has 1 aliphatic heterocycles. The normalized spacial score (nSPS) is 24.0. The monoisotopic (exact) mass is 342 g/mol. The van der Waals surface area contributed by atoms with E-state index in [-0.39, 0.29) is 35.6 Å². The molecule has 3 rings (SSSR count). The third-order valence-electron chi connectivity index (χ3n) is 3.81. The lowest BCUT2D eigenvalue weighted by atomic mass is 9.95. The Labute approximate surface area is 143 Å². The summed E-state index contributed by atoms with van der Waals surface area (Å²) in [5.41, 5.74) is 3.46. The van der Waals surface area contributed by atoms with Crippen molar-refractivity contribution in [2.45, 2.75) is 12.6 Å². The Bertz CT molecular complexity index is 590. The first-order valence-electron chi connectivity index (χ1n) is 6.97. The quantitative estimate of drug-likeness (QED) is 0.794. The van der Waals surface area contributed by atoms with E-state index in [1.807, 2.05) is 37.4 Å². The lowest BCUT2D eigenvalue weighted by Gasteiger charge is -2.31. The van der Waals surface area contributed by atoms with E-state index < -0.39 is 0 Å². The van der Waals surface area contributed by atoms with Crippen LogP contribution >= 0.6 is 24.8 Å². The number of fused-ring (bicyclic) bond motifs is 1. The molecule has 0 amide bonds. The molecule has 120 valence electrons. The maximum atomic E-state index is 10.3. The summed E-state index contributed by atoms with van der Waals surface area (Å²) in [6.07, 6.45) is -0.0484. The molecular formula is C17H22Cl2NO2+. The Morgan fingerprint density at radius 3 is 2.36 bits per heavy atom. The molecule has 2 unspecified atom stereocenters. The van der Waals surface area contributed by atoms with Gasteiger partial charge in [0.15, 0.2) is 0 Å². The summed E-state index contributed by atoms with van der Waals surface area (Å²) >= 11 is 0. The summed E-state index contributed by atoms with van der Waals surface area (Å²) in [6.45, 7) is 1.75. The fourth-order valence-corrected chi connectivity index (χ4v) is 2.74. The van der Waals surface area contributed by atoms with Gasteiger partial charge >= 0.3 is 0 Å². The zero-order valence-electron chi connectivity index (χ0n) is 12.5. The highest BCUT2D eigenvalue weighted by atomic mass is 35.5. The van der Waals surface area contributed by atoms with Crippen molar-refractivity contribution in [2.75, 3.05) is 20.2 Å². The molecule has 3 nitrogen and oxygen atoms in total. The maximum Gasteiger partial charge on any atom is 0.134 e. The minimum Gasteiger partial charge on any atom is -0.363 e. The summed E-state index contributed by atoms with van der Waals surface area (Å²) in [6, 6.07) is 18.5. The Hall–Kier alpha value is -1.10. The first-order chi connectivity index (χ1) is 9.66. The second-order valence-corrected chi connectivity index (χ2v) is 5.58. The predicted octanol–water partition coefficient (Wildman–Crippen LogP) is 3.99. The number of hydrogen-bond acceptors (Lipinski definition) is 2. The largest absolute Gasteiger partial charge is 0.363 e. The van der Waals surface area contributed by atoms with Crippen LogP contribution in [0.4, 0.5) is 0 Å². The highest BCUT2D eigenvalue weighted by Gasteiger charge is 2.28. The van der Waals surface area contributed by atoms with Gasteiger partial charge in [-0.1, -0.05) is 54.6 Å². The number of ether oxygens (including phenoxy) is 1. The number of likely N-dealkylation sites (N-methyl/N-ethyl adjacent to an activating group) is 1. The summed E-state index contributed by atoms with van der Waals surface area (Å²) in [4.78, 5) is 0. The number of rotatable bonds is 1. The van der Waals surface area contributed by atoms with Gasteiger partial charge in [-0.2, -0.15) is 4.65 Å². The van der Waals surface area contributed by atoms with E-state index in [1.165, 1.54) is 0 Å². The zero-order valence-corrected chi connectivity index (χ0v) is 14.1. The van der Waals surface area contributed by atoms with Gasteiger partial charge in [0.25, 0.3) is 0 Å². The van der Waals surface area contributed by atoms with E-state index >= 15 is 0 Å². The zero-order chi connectivity index (χ0) is 14.0. The molecule has 22 heavy (non-hydrogen) atoms. The average Bonchev–Trinajstić information content (AvgIpc) is 2.43. The van der Waals surface area contributed by atoms with Gasteiger partial charge in [0.2, 0.25) is 0 Å². The highest BCUT2D eigenvalue weighted by molar-refractivity contribution is 5.85. The molecule has 1 heterocycles. The smallest absolute Gasteiger partial charge is 0.134 e. The molecule has 0 radical (unpaired) electrons. The standard InChI is InChI=1S/C17H20NO2.2ClH/c1-18(19)11-12-20-17(14-7-3-2-4-8-14)16-10-6-5-9-15(16)13-18;;/h2-10,17,19H,11-13H2,1H3;2*1H/q+1;;. The number of hydroxylamine groups is 3. The van der Waals surface area contributed by atoms with E-state index in [9.17, 15) is 5.21 Å². The molecular weight excluding hydrogens is 321 g/mol. The van der Waals surface area contributed by atoms with E-state index in [1.54, 1.807) is 0 Å². The van der Waals surface area contributed by atoms with E-state index in [0.717, 1.165) is 16.7 Å². The van der Waals surface area contributed by atoms with Crippen LogP contribution < -0.4 is 0 Å². The Morgan fingerprint density at radius 1 is 1.00 bits per heavy atom. The fraction of sp³-hybridized carbons (Fsp3) is 0.294. The van der Waals surface area contributed by atoms with Gasteiger partial charge in [0.1, 0.15) is 19.2 Å². The van der Waals surface area contributed by atoms with Gasteiger partial charge < -0.3 is 4.74 Å². The first kappa shape index (κ1) is 18.9. The van der Waals surface area contributed by atoms with Gasteiger partial charge in [0, 0.05) is 5.56 Å². The number of benzene rings is 2. The fourth-order valence-electron chi connectivity index (χ4n) is 2.74. The second kappa shape index (κ2) is 7.95. The van der Waals surface area contributed by atoms with Crippen LogP contribution in [0.3, 0.4) is 0 Å². The van der Waals surface area contributed by atoms with E-state index in [2.05, 4.69) is 24.3 Å². The van der Waals surface area contributed by atoms with Crippen LogP contribution in [0.25, 0.3) is 0 Å². The summed E-state index contributed by atoms with van der Waals surface area (Å²) < 4.78 is 6.03. The van der Waals surface area contributed by atoms with Crippen molar-refractivity contribution in [1.29, 1.82) is 0 Å². The Morgan fingerprint density at radius 2 is 1.64 bits per heavy atom. The lowest BCUT2D eigenvalue weighted by molar-refractivity contribution is -1.10. The summed E-state index contributed by atoms with van der Waals surface area (Å²) in [5, 5.41) is 10.3. The van der Waals surface area contributed by atoms with Crippen LogP contribution in [-0.2, 0) is 11.3 Å².